The first-order chi connectivity index (χ1) is 14.5. The minimum absolute atomic E-state index is 0.506. The predicted molar refractivity (Wildman–Crippen MR) is 120 cm³/mol. The van der Waals surface area contributed by atoms with Crippen LogP contribution in [0.15, 0.2) is 59.6 Å². The van der Waals surface area contributed by atoms with Crippen molar-refractivity contribution in [2.24, 2.45) is 12.0 Å². The highest BCUT2D eigenvalue weighted by atomic mass is 35.5. The average molecular weight is 427 g/mol. The van der Waals surface area contributed by atoms with Crippen LogP contribution < -0.4 is 10.1 Å². The number of likely N-dealkylation sites (N-methyl/N-ethyl adjacent to an activating group) is 1. The third kappa shape index (κ3) is 6.22. The van der Waals surface area contributed by atoms with E-state index < -0.39 is 0 Å². The molecule has 0 radical (unpaired) electrons. The van der Waals surface area contributed by atoms with Gasteiger partial charge < -0.3 is 19.5 Å². The molecule has 1 heterocycles. The average Bonchev–Trinajstić information content (AvgIpc) is 3.06. The first-order valence-electron chi connectivity index (χ1n) is 9.79. The number of hydrogen-bond acceptors (Lipinski definition) is 4. The monoisotopic (exact) mass is 426 g/mol. The summed E-state index contributed by atoms with van der Waals surface area (Å²) in [5, 5.41) is 12.4. The largest absolute Gasteiger partial charge is 0.492 e. The fourth-order valence-corrected chi connectivity index (χ4v) is 2.97. The Morgan fingerprint density at radius 3 is 2.67 bits per heavy atom. The molecule has 158 valence electrons. The van der Waals surface area contributed by atoms with Gasteiger partial charge in [-0.2, -0.15) is 0 Å². The maximum atomic E-state index is 6.02. The number of ether oxygens (including phenoxy) is 1. The zero-order valence-electron chi connectivity index (χ0n) is 17.5. The van der Waals surface area contributed by atoms with Gasteiger partial charge in [0.15, 0.2) is 11.8 Å². The normalized spacial score (nSPS) is 11.4. The molecule has 0 aliphatic carbocycles. The molecular formula is C22H27ClN6O. The number of benzene rings is 2. The van der Waals surface area contributed by atoms with Crippen LogP contribution in [-0.2, 0) is 20.1 Å². The minimum Gasteiger partial charge on any atom is -0.492 e. The molecular weight excluding hydrogens is 400 g/mol. The molecule has 2 aromatic carbocycles. The van der Waals surface area contributed by atoms with E-state index >= 15 is 0 Å². The Kier molecular flexibility index (Phi) is 7.68. The second-order valence-electron chi connectivity index (χ2n) is 6.93. The molecule has 0 saturated heterocycles. The van der Waals surface area contributed by atoms with E-state index in [2.05, 4.69) is 27.6 Å². The van der Waals surface area contributed by atoms with Crippen LogP contribution >= 0.6 is 11.6 Å². The maximum absolute atomic E-state index is 6.02. The third-order valence-corrected chi connectivity index (χ3v) is 4.93. The molecule has 0 aliphatic heterocycles. The summed E-state index contributed by atoms with van der Waals surface area (Å²) in [5.41, 5.74) is 1.15. The number of rotatable bonds is 8. The highest BCUT2D eigenvalue weighted by Gasteiger charge is 2.10. The Labute approximate surface area is 182 Å². The van der Waals surface area contributed by atoms with Crippen LogP contribution in [0, 0.1) is 6.92 Å². The van der Waals surface area contributed by atoms with Crippen LogP contribution in [-0.4, -0.2) is 45.8 Å². The van der Waals surface area contributed by atoms with Crippen LogP contribution in [0.25, 0.3) is 0 Å². The second kappa shape index (κ2) is 10.6. The summed E-state index contributed by atoms with van der Waals surface area (Å²) in [6.45, 7) is 4.21. The number of guanidine groups is 1. The van der Waals surface area contributed by atoms with Crippen LogP contribution in [0.3, 0.4) is 0 Å². The SMILES string of the molecule is Cc1nnc(CNC(=NCc2ccccc2)N(C)CCOc2cccc(Cl)c2)n1C. The Hall–Kier alpha value is -3.06. The molecule has 0 unspecified atom stereocenters. The Morgan fingerprint density at radius 2 is 1.97 bits per heavy atom. The lowest BCUT2D eigenvalue weighted by atomic mass is 10.2. The minimum atomic E-state index is 0.506. The summed E-state index contributed by atoms with van der Waals surface area (Å²) in [4.78, 5) is 6.82. The lowest BCUT2D eigenvalue weighted by Gasteiger charge is -2.22. The van der Waals surface area contributed by atoms with Gasteiger partial charge >= 0.3 is 0 Å². The lowest BCUT2D eigenvalue weighted by molar-refractivity contribution is 0.281. The van der Waals surface area contributed by atoms with Crippen molar-refractivity contribution in [2.75, 3.05) is 20.2 Å². The molecule has 7 nitrogen and oxygen atoms in total. The molecule has 0 fully saturated rings. The number of aliphatic imine (C=N–C) groups is 1. The zero-order valence-corrected chi connectivity index (χ0v) is 18.3. The number of nitrogens with zero attached hydrogens (tertiary/aromatic N) is 5. The second-order valence-corrected chi connectivity index (χ2v) is 7.37. The summed E-state index contributed by atoms with van der Waals surface area (Å²) in [5.74, 6) is 3.25. The Bertz CT molecular complexity index is 973. The molecule has 1 N–H and O–H groups in total. The van der Waals surface area contributed by atoms with Gasteiger partial charge in [-0.15, -0.1) is 10.2 Å². The lowest BCUT2D eigenvalue weighted by Crippen LogP contribution is -2.41. The third-order valence-electron chi connectivity index (χ3n) is 4.69. The van der Waals surface area contributed by atoms with E-state index in [-0.39, 0.29) is 0 Å². The van der Waals surface area contributed by atoms with Crippen molar-refractivity contribution in [1.82, 2.24) is 25.0 Å². The Balaban J connectivity index is 1.63. The molecule has 0 bridgehead atoms. The molecule has 0 amide bonds. The van der Waals surface area contributed by atoms with Crippen molar-refractivity contribution in [1.29, 1.82) is 0 Å². The fraction of sp³-hybridized carbons (Fsp3) is 0.318. The van der Waals surface area contributed by atoms with E-state index in [1.165, 1.54) is 0 Å². The van der Waals surface area contributed by atoms with Gasteiger partial charge in [0.1, 0.15) is 18.2 Å². The summed E-state index contributed by atoms with van der Waals surface area (Å²) in [7, 11) is 3.94. The number of halogens is 1. The molecule has 8 heteroatoms. The molecule has 0 atom stereocenters. The predicted octanol–water partition coefficient (Wildman–Crippen LogP) is 3.43. The summed E-state index contributed by atoms with van der Waals surface area (Å²) >= 11 is 6.02. The van der Waals surface area contributed by atoms with E-state index in [0.717, 1.165) is 28.9 Å². The van der Waals surface area contributed by atoms with Gasteiger partial charge in [-0.1, -0.05) is 48.0 Å². The molecule has 30 heavy (non-hydrogen) atoms. The van der Waals surface area contributed by atoms with Gasteiger partial charge in [-0.25, -0.2) is 4.99 Å². The highest BCUT2D eigenvalue weighted by Crippen LogP contribution is 2.16. The van der Waals surface area contributed by atoms with Crippen molar-refractivity contribution in [3.8, 4) is 5.75 Å². The highest BCUT2D eigenvalue weighted by molar-refractivity contribution is 6.30. The van der Waals surface area contributed by atoms with Gasteiger partial charge in [0, 0.05) is 19.1 Å². The zero-order chi connectivity index (χ0) is 21.3. The van der Waals surface area contributed by atoms with Gasteiger partial charge in [0.05, 0.1) is 19.6 Å². The quantitative estimate of drug-likeness (QED) is 0.441. The molecule has 3 aromatic rings. The number of aromatic nitrogens is 3. The van der Waals surface area contributed by atoms with Crippen molar-refractivity contribution in [3.63, 3.8) is 0 Å². The van der Waals surface area contributed by atoms with Crippen LogP contribution in [0.5, 0.6) is 5.75 Å². The van der Waals surface area contributed by atoms with Crippen LogP contribution in [0.4, 0.5) is 0 Å². The van der Waals surface area contributed by atoms with Crippen LogP contribution in [0.1, 0.15) is 17.2 Å². The summed E-state index contributed by atoms with van der Waals surface area (Å²) in [6, 6.07) is 17.6. The topological polar surface area (TPSA) is 67.6 Å². The van der Waals surface area contributed by atoms with E-state index in [1.807, 2.05) is 66.9 Å². The van der Waals surface area contributed by atoms with Gasteiger partial charge in [0.2, 0.25) is 0 Å². The van der Waals surface area contributed by atoms with Gasteiger partial charge in [0.25, 0.3) is 0 Å². The van der Waals surface area contributed by atoms with E-state index in [1.54, 1.807) is 6.07 Å². The van der Waals surface area contributed by atoms with E-state index in [0.29, 0.717) is 31.3 Å². The summed E-state index contributed by atoms with van der Waals surface area (Å²) < 4.78 is 7.78. The summed E-state index contributed by atoms with van der Waals surface area (Å²) in [6.07, 6.45) is 0. The molecule has 1 aromatic heterocycles. The number of aryl methyl sites for hydroxylation is 1. The van der Waals surface area contributed by atoms with Gasteiger partial charge in [-0.3, -0.25) is 0 Å². The molecule has 0 aliphatic rings. The van der Waals surface area contributed by atoms with Crippen molar-refractivity contribution >= 4 is 17.6 Å². The van der Waals surface area contributed by atoms with Gasteiger partial charge in [-0.05, 0) is 30.7 Å². The van der Waals surface area contributed by atoms with Crippen molar-refractivity contribution in [3.05, 3.63) is 76.8 Å². The molecule has 0 saturated carbocycles. The van der Waals surface area contributed by atoms with Crippen LogP contribution in [0.2, 0.25) is 5.02 Å². The first kappa shape index (κ1) is 21.6. The maximum Gasteiger partial charge on any atom is 0.194 e. The first-order valence-corrected chi connectivity index (χ1v) is 10.2. The van der Waals surface area contributed by atoms with E-state index in [9.17, 15) is 0 Å². The van der Waals surface area contributed by atoms with Crippen molar-refractivity contribution in [2.45, 2.75) is 20.0 Å². The fourth-order valence-electron chi connectivity index (χ4n) is 2.79. The van der Waals surface area contributed by atoms with Crippen molar-refractivity contribution < 1.29 is 4.74 Å². The standard InChI is InChI=1S/C22H27ClN6O/c1-17-26-27-21(29(17)3)16-25-22(24-15-18-8-5-4-6-9-18)28(2)12-13-30-20-11-7-10-19(23)14-20/h4-11,14H,12-13,15-16H2,1-3H3,(H,24,25). The number of hydrogen-bond donors (Lipinski definition) is 1. The smallest absolute Gasteiger partial charge is 0.194 e. The Morgan fingerprint density at radius 1 is 1.17 bits per heavy atom. The van der Waals surface area contributed by atoms with E-state index in [4.69, 9.17) is 21.3 Å². The molecule has 3 rings (SSSR count). The molecule has 0 spiro atoms. The number of nitrogens with one attached hydrogen (secondary N) is 1.